The van der Waals surface area contributed by atoms with Gasteiger partial charge in [-0.3, -0.25) is 9.35 Å². The first-order chi connectivity index (χ1) is 32.9. The molecular weight excluding hydrogens is 887 g/mol. The highest BCUT2D eigenvalue weighted by molar-refractivity contribution is 7.80. The lowest BCUT2D eigenvalue weighted by molar-refractivity contribution is -0.298. The standard InChI is InChI=1S/C54H97NO12S/c1-3-5-7-9-11-13-15-17-19-21-22-23-24-25-27-29-31-33-35-37-39-41-43-48(58)53(61)55-46(45-65-54-51(60)52(67-68(62,63)64)50(59)49(44-56)66-54)47(57)42-40-38-36-34-32-30-28-26-20-18-16-14-12-10-8-6-4-2/h20,22-23,25-27,32,34,40,42,46-52,54,56-60H,3-19,21,24,28-31,33,35-39,41,43-45H2,1-2H3,(H,55,61)(H,62,63,64)/b23-22-,26-20+,27-25-,34-32+,42-40+. The van der Waals surface area contributed by atoms with Gasteiger partial charge in [0.15, 0.2) is 6.29 Å². The molecule has 14 heteroatoms. The minimum atomic E-state index is -5.13. The number of aliphatic hydroxyl groups is 5. The Labute approximate surface area is 412 Å². The van der Waals surface area contributed by atoms with Crippen LogP contribution in [0.1, 0.15) is 213 Å². The average molecular weight is 984 g/mol. The maximum absolute atomic E-state index is 13.2. The van der Waals surface area contributed by atoms with Crippen molar-refractivity contribution in [3.05, 3.63) is 60.8 Å². The van der Waals surface area contributed by atoms with Gasteiger partial charge in [-0.05, 0) is 77.0 Å². The Balaban J connectivity index is 2.53. The fourth-order valence-electron chi connectivity index (χ4n) is 8.11. The third-order valence-electron chi connectivity index (χ3n) is 12.4. The van der Waals surface area contributed by atoms with Crippen LogP contribution in [0.15, 0.2) is 60.8 Å². The highest BCUT2D eigenvalue weighted by Crippen LogP contribution is 2.26. The van der Waals surface area contributed by atoms with Crippen LogP contribution in [0.2, 0.25) is 0 Å². The summed E-state index contributed by atoms with van der Waals surface area (Å²) in [7, 11) is -5.13. The molecule has 0 aromatic rings. The molecule has 1 aliphatic heterocycles. The van der Waals surface area contributed by atoms with Gasteiger partial charge in [-0.2, -0.15) is 8.42 Å². The molecule has 7 N–H and O–H groups in total. The van der Waals surface area contributed by atoms with Crippen molar-refractivity contribution < 1.29 is 57.0 Å². The van der Waals surface area contributed by atoms with Gasteiger partial charge >= 0.3 is 10.4 Å². The number of unbranched alkanes of at least 4 members (excludes halogenated alkanes) is 24. The minimum Gasteiger partial charge on any atom is -0.394 e. The van der Waals surface area contributed by atoms with E-state index in [2.05, 4.69) is 72.0 Å². The Kier molecular flexibility index (Phi) is 40.8. The van der Waals surface area contributed by atoms with Crippen molar-refractivity contribution >= 4 is 16.3 Å². The molecule has 8 unspecified atom stereocenters. The van der Waals surface area contributed by atoms with Gasteiger partial charge in [0.25, 0.3) is 0 Å². The lowest BCUT2D eigenvalue weighted by atomic mass is 9.99. The van der Waals surface area contributed by atoms with Crippen LogP contribution in [-0.4, -0.2) is 107 Å². The number of hydrogen-bond acceptors (Lipinski definition) is 11. The second-order valence-electron chi connectivity index (χ2n) is 18.6. The molecule has 0 aromatic heterocycles. The fourth-order valence-corrected chi connectivity index (χ4v) is 8.62. The summed E-state index contributed by atoms with van der Waals surface area (Å²) in [6, 6.07) is -1.15. The van der Waals surface area contributed by atoms with Crippen LogP contribution in [0, 0.1) is 0 Å². The van der Waals surface area contributed by atoms with Crippen LogP contribution >= 0.6 is 0 Å². The van der Waals surface area contributed by atoms with Crippen molar-refractivity contribution in [3.63, 3.8) is 0 Å². The maximum atomic E-state index is 13.2. The van der Waals surface area contributed by atoms with Crippen molar-refractivity contribution in [1.29, 1.82) is 0 Å². The van der Waals surface area contributed by atoms with Gasteiger partial charge < -0.3 is 40.3 Å². The number of rotatable bonds is 45. The number of aliphatic hydroxyl groups excluding tert-OH is 5. The molecule has 1 fully saturated rings. The number of amides is 1. The highest BCUT2D eigenvalue weighted by atomic mass is 32.3. The van der Waals surface area contributed by atoms with Crippen molar-refractivity contribution in [2.45, 2.75) is 262 Å². The lowest BCUT2D eigenvalue weighted by Crippen LogP contribution is -2.61. The van der Waals surface area contributed by atoms with E-state index in [4.69, 9.17) is 9.47 Å². The van der Waals surface area contributed by atoms with E-state index in [1.54, 1.807) is 6.08 Å². The summed E-state index contributed by atoms with van der Waals surface area (Å²) in [5, 5.41) is 55.4. The summed E-state index contributed by atoms with van der Waals surface area (Å²) in [6.45, 7) is 3.20. The molecule has 68 heavy (non-hydrogen) atoms. The van der Waals surface area contributed by atoms with Crippen LogP contribution < -0.4 is 5.32 Å². The lowest BCUT2D eigenvalue weighted by Gasteiger charge is -2.41. The second-order valence-corrected chi connectivity index (χ2v) is 19.6. The van der Waals surface area contributed by atoms with Crippen LogP contribution in [0.5, 0.6) is 0 Å². The molecule has 8 atom stereocenters. The molecule has 0 aromatic carbocycles. The molecule has 1 rings (SSSR count). The SMILES string of the molecule is CCCCCCCCC/C=C/CC/C=C/CC/C=C/C(O)C(COC1OC(CO)C(O)C(OS(=O)(=O)O)C1O)NC(=O)C(O)CCCCCCCC/C=C\C/C=C\CCCCCCCCCCC. The second kappa shape index (κ2) is 43.5. The molecule has 1 heterocycles. The summed E-state index contributed by atoms with van der Waals surface area (Å²) >= 11 is 0. The van der Waals surface area contributed by atoms with Gasteiger partial charge in [0.05, 0.1) is 25.4 Å². The molecule has 0 bridgehead atoms. The third kappa shape index (κ3) is 35.0. The Hall–Kier alpha value is -2.24. The summed E-state index contributed by atoms with van der Waals surface area (Å²) in [5.74, 6) is -0.725. The normalized spacial score (nSPS) is 20.7. The van der Waals surface area contributed by atoms with E-state index >= 15 is 0 Å². The smallest absolute Gasteiger partial charge is 0.394 e. The minimum absolute atomic E-state index is 0.219. The first kappa shape index (κ1) is 63.8. The predicted molar refractivity (Wildman–Crippen MR) is 274 cm³/mol. The molecule has 1 aliphatic rings. The van der Waals surface area contributed by atoms with E-state index in [-0.39, 0.29) is 6.42 Å². The predicted octanol–water partition coefficient (Wildman–Crippen LogP) is 10.8. The quantitative estimate of drug-likeness (QED) is 0.0173. The number of carbonyl (C=O) groups is 1. The van der Waals surface area contributed by atoms with Crippen LogP contribution in [0.4, 0.5) is 0 Å². The molecule has 0 saturated carbocycles. The topological polar surface area (TPSA) is 212 Å². The Bertz CT molecular complexity index is 1450. The summed E-state index contributed by atoms with van der Waals surface area (Å²) in [5.41, 5.74) is 0. The van der Waals surface area contributed by atoms with Crippen LogP contribution in [-0.2, 0) is 28.9 Å². The third-order valence-corrected chi connectivity index (χ3v) is 12.8. The molecule has 0 aliphatic carbocycles. The van der Waals surface area contributed by atoms with Crippen molar-refractivity contribution in [2.75, 3.05) is 13.2 Å². The number of nitrogens with one attached hydrogen (secondary N) is 1. The average Bonchev–Trinajstić information content (AvgIpc) is 3.31. The number of allylic oxidation sites excluding steroid dienone is 9. The summed E-state index contributed by atoms with van der Waals surface area (Å²) in [6.07, 6.45) is 44.4. The molecule has 396 valence electrons. The first-order valence-electron chi connectivity index (χ1n) is 26.8. The molecule has 13 nitrogen and oxygen atoms in total. The highest BCUT2D eigenvalue weighted by Gasteiger charge is 2.48. The van der Waals surface area contributed by atoms with Gasteiger partial charge in [0.1, 0.15) is 30.5 Å². The number of carbonyl (C=O) groups excluding carboxylic acids is 1. The number of ether oxygens (including phenoxy) is 2. The van der Waals surface area contributed by atoms with Gasteiger partial charge in [0.2, 0.25) is 5.91 Å². The monoisotopic (exact) mass is 984 g/mol. The Morgan fingerprint density at radius 3 is 1.50 bits per heavy atom. The van der Waals surface area contributed by atoms with Gasteiger partial charge in [-0.25, -0.2) is 4.18 Å². The molecule has 0 radical (unpaired) electrons. The van der Waals surface area contributed by atoms with Gasteiger partial charge in [-0.15, -0.1) is 0 Å². The van der Waals surface area contributed by atoms with E-state index < -0.39 is 78.5 Å². The molecule has 1 amide bonds. The zero-order chi connectivity index (χ0) is 49.9. The van der Waals surface area contributed by atoms with Gasteiger partial charge in [-0.1, -0.05) is 197 Å². The van der Waals surface area contributed by atoms with E-state index in [0.29, 0.717) is 12.8 Å². The van der Waals surface area contributed by atoms with E-state index in [1.165, 1.54) is 115 Å². The first-order valence-corrected chi connectivity index (χ1v) is 28.1. The number of hydrogen-bond donors (Lipinski definition) is 7. The Morgan fingerprint density at radius 1 is 0.603 bits per heavy atom. The van der Waals surface area contributed by atoms with Crippen LogP contribution in [0.25, 0.3) is 0 Å². The van der Waals surface area contributed by atoms with E-state index in [9.17, 15) is 43.3 Å². The maximum Gasteiger partial charge on any atom is 0.397 e. The van der Waals surface area contributed by atoms with Crippen molar-refractivity contribution in [1.82, 2.24) is 5.32 Å². The zero-order valence-corrected chi connectivity index (χ0v) is 43.1. The van der Waals surface area contributed by atoms with Crippen molar-refractivity contribution in [3.8, 4) is 0 Å². The molecule has 0 spiro atoms. The van der Waals surface area contributed by atoms with E-state index in [0.717, 1.165) is 70.6 Å². The Morgan fingerprint density at radius 2 is 1.03 bits per heavy atom. The van der Waals surface area contributed by atoms with Crippen LogP contribution in [0.3, 0.4) is 0 Å². The fraction of sp³-hybridized carbons (Fsp3) is 0.796. The van der Waals surface area contributed by atoms with Gasteiger partial charge in [0, 0.05) is 0 Å². The summed E-state index contributed by atoms with van der Waals surface area (Å²) < 4.78 is 47.6. The zero-order valence-electron chi connectivity index (χ0n) is 42.3. The summed E-state index contributed by atoms with van der Waals surface area (Å²) in [4.78, 5) is 13.2. The molecule has 1 saturated heterocycles. The van der Waals surface area contributed by atoms with Crippen molar-refractivity contribution in [2.24, 2.45) is 0 Å². The van der Waals surface area contributed by atoms with E-state index in [1.807, 2.05) is 0 Å². The molecular formula is C54H97NO12S. The largest absolute Gasteiger partial charge is 0.397 e.